The highest BCUT2D eigenvalue weighted by Crippen LogP contribution is 2.35. The van der Waals surface area contributed by atoms with E-state index in [2.05, 4.69) is 15.2 Å². The number of aryl methyl sites for hydroxylation is 1. The van der Waals surface area contributed by atoms with Gasteiger partial charge in [0.2, 0.25) is 0 Å². The number of pyridine rings is 1. The Balaban J connectivity index is 1.69. The molecule has 0 N–H and O–H groups in total. The molecule has 0 radical (unpaired) electrons. The third-order valence-corrected chi connectivity index (χ3v) is 4.97. The minimum Gasteiger partial charge on any atom is -0.497 e. The molecule has 6 nitrogen and oxygen atoms in total. The summed E-state index contributed by atoms with van der Waals surface area (Å²) < 4.78 is 13.1. The van der Waals surface area contributed by atoms with Crippen LogP contribution in [-0.4, -0.2) is 26.9 Å². The maximum atomic E-state index is 6.12. The zero-order valence-electron chi connectivity index (χ0n) is 16.3. The van der Waals surface area contributed by atoms with E-state index in [9.17, 15) is 0 Å². The summed E-state index contributed by atoms with van der Waals surface area (Å²) in [5, 5.41) is 8.90. The SMILES string of the molecule is COc1ccc(COc2ccc(-c3cc(Cl)nc(Cl)c3)c(-c3nncn3C)c2)cc1. The number of ether oxygens (including phenoxy) is 2. The molecule has 0 amide bonds. The molecule has 0 saturated carbocycles. The number of nitrogens with zero attached hydrogens (tertiary/aromatic N) is 4. The monoisotopic (exact) mass is 440 g/mol. The number of benzene rings is 2. The standard InChI is InChI=1S/C22H18Cl2N4O2/c1-28-13-25-27-22(28)19-11-17(30-12-14-3-5-16(29-2)6-4-14)7-8-18(19)15-9-20(23)26-21(24)10-15/h3-11,13H,12H2,1-2H3. The molecule has 2 aromatic carbocycles. The van der Waals surface area contributed by atoms with Crippen molar-refractivity contribution in [1.29, 1.82) is 0 Å². The van der Waals surface area contributed by atoms with Gasteiger partial charge < -0.3 is 14.0 Å². The lowest BCUT2D eigenvalue weighted by atomic mass is 9.99. The number of halogens is 2. The van der Waals surface area contributed by atoms with Gasteiger partial charge >= 0.3 is 0 Å². The molecule has 2 heterocycles. The van der Waals surface area contributed by atoms with Crippen molar-refractivity contribution in [3.8, 4) is 34.0 Å². The van der Waals surface area contributed by atoms with Gasteiger partial charge in [0.1, 0.15) is 34.7 Å². The molecule has 152 valence electrons. The topological polar surface area (TPSA) is 62.1 Å². The van der Waals surface area contributed by atoms with Crippen molar-refractivity contribution in [3.05, 3.63) is 76.8 Å². The van der Waals surface area contributed by atoms with Crippen molar-refractivity contribution in [2.75, 3.05) is 7.11 Å². The molecule has 0 atom stereocenters. The Morgan fingerprint density at radius 3 is 2.23 bits per heavy atom. The van der Waals surface area contributed by atoms with Crippen molar-refractivity contribution >= 4 is 23.2 Å². The van der Waals surface area contributed by atoms with Gasteiger partial charge in [-0.05, 0) is 59.2 Å². The molecule has 4 rings (SSSR count). The van der Waals surface area contributed by atoms with Gasteiger partial charge in [0.15, 0.2) is 5.82 Å². The van der Waals surface area contributed by atoms with E-state index in [0.29, 0.717) is 28.5 Å². The zero-order valence-corrected chi connectivity index (χ0v) is 17.9. The first-order valence-electron chi connectivity index (χ1n) is 9.11. The van der Waals surface area contributed by atoms with Gasteiger partial charge in [-0.15, -0.1) is 10.2 Å². The van der Waals surface area contributed by atoms with Crippen LogP contribution in [0.5, 0.6) is 11.5 Å². The summed E-state index contributed by atoms with van der Waals surface area (Å²) in [4.78, 5) is 4.03. The van der Waals surface area contributed by atoms with Crippen molar-refractivity contribution in [2.24, 2.45) is 7.05 Å². The first-order valence-corrected chi connectivity index (χ1v) is 9.86. The Kier molecular flexibility index (Phi) is 5.88. The maximum absolute atomic E-state index is 6.12. The van der Waals surface area contributed by atoms with Crippen molar-refractivity contribution < 1.29 is 9.47 Å². The molecule has 8 heteroatoms. The van der Waals surface area contributed by atoms with E-state index >= 15 is 0 Å². The Morgan fingerprint density at radius 2 is 1.60 bits per heavy atom. The van der Waals surface area contributed by atoms with Crippen LogP contribution in [-0.2, 0) is 13.7 Å². The highest BCUT2D eigenvalue weighted by atomic mass is 35.5. The molecular weight excluding hydrogens is 423 g/mol. The molecular formula is C22H18Cl2N4O2. The van der Waals surface area contributed by atoms with Crippen LogP contribution in [0.4, 0.5) is 0 Å². The van der Waals surface area contributed by atoms with Gasteiger partial charge in [-0.2, -0.15) is 0 Å². The molecule has 0 saturated heterocycles. The van der Waals surface area contributed by atoms with E-state index in [4.69, 9.17) is 32.7 Å². The van der Waals surface area contributed by atoms with Crippen LogP contribution in [0.25, 0.3) is 22.5 Å². The van der Waals surface area contributed by atoms with Gasteiger partial charge in [-0.1, -0.05) is 35.3 Å². The van der Waals surface area contributed by atoms with E-state index in [-0.39, 0.29) is 0 Å². The van der Waals surface area contributed by atoms with Crippen LogP contribution >= 0.6 is 23.2 Å². The summed E-state index contributed by atoms with van der Waals surface area (Å²) in [5.41, 5.74) is 3.61. The lowest BCUT2D eigenvalue weighted by molar-refractivity contribution is 0.306. The van der Waals surface area contributed by atoms with Gasteiger partial charge in [0.05, 0.1) is 7.11 Å². The zero-order chi connectivity index (χ0) is 21.1. The average molecular weight is 441 g/mol. The number of hydrogen-bond donors (Lipinski definition) is 0. The second kappa shape index (κ2) is 8.73. The van der Waals surface area contributed by atoms with Crippen LogP contribution in [0.1, 0.15) is 5.56 Å². The lowest BCUT2D eigenvalue weighted by Crippen LogP contribution is -1.98. The third-order valence-electron chi connectivity index (χ3n) is 4.58. The van der Waals surface area contributed by atoms with E-state index in [0.717, 1.165) is 28.0 Å². The fraction of sp³-hybridized carbons (Fsp3) is 0.136. The van der Waals surface area contributed by atoms with Gasteiger partial charge in [0.25, 0.3) is 0 Å². The smallest absolute Gasteiger partial charge is 0.164 e. The van der Waals surface area contributed by atoms with Gasteiger partial charge in [0, 0.05) is 12.6 Å². The summed E-state index contributed by atoms with van der Waals surface area (Å²) in [7, 11) is 3.53. The second-order valence-corrected chi connectivity index (χ2v) is 7.39. The fourth-order valence-corrected chi connectivity index (χ4v) is 3.55. The number of rotatable bonds is 6. The fourth-order valence-electron chi connectivity index (χ4n) is 3.09. The first-order chi connectivity index (χ1) is 14.5. The Morgan fingerprint density at radius 1 is 0.900 bits per heavy atom. The van der Waals surface area contributed by atoms with Crippen LogP contribution in [0.2, 0.25) is 10.3 Å². The molecule has 0 aliphatic carbocycles. The molecule has 0 unspecified atom stereocenters. The average Bonchev–Trinajstić information content (AvgIpc) is 3.17. The Bertz CT molecular complexity index is 1160. The summed E-state index contributed by atoms with van der Waals surface area (Å²) in [6.45, 7) is 0.425. The first kappa shape index (κ1) is 20.2. The van der Waals surface area contributed by atoms with E-state index in [1.807, 2.05) is 54.1 Å². The highest BCUT2D eigenvalue weighted by molar-refractivity contribution is 6.32. The third kappa shape index (κ3) is 4.40. The van der Waals surface area contributed by atoms with Gasteiger partial charge in [-0.3, -0.25) is 0 Å². The van der Waals surface area contributed by atoms with Gasteiger partial charge in [-0.25, -0.2) is 4.98 Å². The largest absolute Gasteiger partial charge is 0.497 e. The normalized spacial score (nSPS) is 10.8. The molecule has 4 aromatic rings. The number of hydrogen-bond acceptors (Lipinski definition) is 5. The van der Waals surface area contributed by atoms with E-state index in [1.54, 1.807) is 25.6 Å². The van der Waals surface area contributed by atoms with Crippen molar-refractivity contribution in [3.63, 3.8) is 0 Å². The number of methoxy groups -OCH3 is 1. The van der Waals surface area contributed by atoms with Crippen LogP contribution in [0.3, 0.4) is 0 Å². The second-order valence-electron chi connectivity index (χ2n) is 6.61. The number of aromatic nitrogens is 4. The molecule has 0 spiro atoms. The highest BCUT2D eigenvalue weighted by Gasteiger charge is 2.15. The van der Waals surface area contributed by atoms with E-state index < -0.39 is 0 Å². The molecule has 0 aliphatic heterocycles. The Labute approximate surface area is 184 Å². The summed E-state index contributed by atoms with van der Waals surface area (Å²) >= 11 is 12.2. The van der Waals surface area contributed by atoms with Crippen LogP contribution in [0, 0.1) is 0 Å². The Hall–Kier alpha value is -3.09. The van der Waals surface area contributed by atoms with Crippen molar-refractivity contribution in [1.82, 2.24) is 19.7 Å². The minimum absolute atomic E-state index is 0.321. The van der Waals surface area contributed by atoms with Crippen LogP contribution in [0.15, 0.2) is 60.9 Å². The van der Waals surface area contributed by atoms with Crippen LogP contribution < -0.4 is 9.47 Å². The summed E-state index contributed by atoms with van der Waals surface area (Å²) in [5.74, 6) is 2.21. The quantitative estimate of drug-likeness (QED) is 0.373. The molecule has 0 fully saturated rings. The molecule has 0 bridgehead atoms. The lowest BCUT2D eigenvalue weighted by Gasteiger charge is -2.13. The summed E-state index contributed by atoms with van der Waals surface area (Å²) in [6.07, 6.45) is 1.65. The molecule has 30 heavy (non-hydrogen) atoms. The maximum Gasteiger partial charge on any atom is 0.164 e. The van der Waals surface area contributed by atoms with Crippen molar-refractivity contribution in [2.45, 2.75) is 6.61 Å². The summed E-state index contributed by atoms with van der Waals surface area (Å²) in [6, 6.07) is 17.1. The minimum atomic E-state index is 0.321. The molecule has 2 aromatic heterocycles. The van der Waals surface area contributed by atoms with E-state index in [1.165, 1.54) is 0 Å². The predicted octanol–water partition coefficient (Wildman–Crippen LogP) is 5.44. The predicted molar refractivity (Wildman–Crippen MR) is 117 cm³/mol. The molecule has 0 aliphatic rings.